The molecular weight excluding hydrogens is 210 g/mol. The van der Waals surface area contributed by atoms with Crippen LogP contribution in [0.5, 0.6) is 0 Å². The Morgan fingerprint density at radius 2 is 2.06 bits per heavy atom. The van der Waals surface area contributed by atoms with Crippen LogP contribution in [-0.4, -0.2) is 9.97 Å². The number of aromatic nitrogens is 2. The molecule has 88 valence electrons. The maximum Gasteiger partial charge on any atom is 0.0890 e. The number of benzene rings is 1. The van der Waals surface area contributed by atoms with Crippen molar-refractivity contribution in [1.29, 1.82) is 0 Å². The van der Waals surface area contributed by atoms with Crippen LogP contribution in [0.1, 0.15) is 31.7 Å². The van der Waals surface area contributed by atoms with Gasteiger partial charge in [0.05, 0.1) is 11.0 Å². The van der Waals surface area contributed by atoms with Crippen molar-refractivity contribution in [2.45, 2.75) is 31.7 Å². The van der Waals surface area contributed by atoms with E-state index < -0.39 is 0 Å². The minimum absolute atomic E-state index is 0.109. The SMILES string of the molecule is CCCC1CC1(N)c1ccc2nccnc2c1. The Bertz CT molecular complexity index is 552. The first-order valence-corrected chi connectivity index (χ1v) is 6.24. The molecule has 2 aromatic rings. The van der Waals surface area contributed by atoms with Gasteiger partial charge in [0.15, 0.2) is 0 Å². The van der Waals surface area contributed by atoms with E-state index in [1.807, 2.05) is 6.07 Å². The van der Waals surface area contributed by atoms with Gasteiger partial charge in [0.25, 0.3) is 0 Å². The summed E-state index contributed by atoms with van der Waals surface area (Å²) in [5.41, 5.74) is 9.42. The monoisotopic (exact) mass is 227 g/mol. The van der Waals surface area contributed by atoms with Crippen LogP contribution in [0.25, 0.3) is 11.0 Å². The number of rotatable bonds is 3. The zero-order valence-electron chi connectivity index (χ0n) is 10.1. The van der Waals surface area contributed by atoms with E-state index in [0.717, 1.165) is 17.5 Å². The van der Waals surface area contributed by atoms with Gasteiger partial charge >= 0.3 is 0 Å². The Labute approximate surface area is 101 Å². The molecule has 1 aromatic carbocycles. The van der Waals surface area contributed by atoms with Crippen molar-refractivity contribution in [2.24, 2.45) is 11.7 Å². The molecule has 0 aliphatic heterocycles. The van der Waals surface area contributed by atoms with Crippen LogP contribution in [0.2, 0.25) is 0 Å². The van der Waals surface area contributed by atoms with Crippen molar-refractivity contribution in [2.75, 3.05) is 0 Å². The van der Waals surface area contributed by atoms with Crippen LogP contribution >= 0.6 is 0 Å². The highest BCUT2D eigenvalue weighted by atomic mass is 14.9. The topological polar surface area (TPSA) is 51.8 Å². The molecule has 2 atom stereocenters. The lowest BCUT2D eigenvalue weighted by Gasteiger charge is -2.12. The average Bonchev–Trinajstić information content (AvgIpc) is 3.01. The number of hydrogen-bond acceptors (Lipinski definition) is 3. The zero-order valence-corrected chi connectivity index (χ0v) is 10.1. The van der Waals surface area contributed by atoms with Gasteiger partial charge in [-0.15, -0.1) is 0 Å². The molecule has 1 heterocycles. The molecule has 0 amide bonds. The first kappa shape index (κ1) is 10.7. The molecule has 0 spiro atoms. The third-order valence-electron chi connectivity index (χ3n) is 3.80. The maximum atomic E-state index is 6.44. The van der Waals surface area contributed by atoms with Gasteiger partial charge in [-0.25, -0.2) is 0 Å². The standard InChI is InChI=1S/C14H17N3/c1-2-3-11-9-14(11,15)10-4-5-12-13(8-10)17-7-6-16-12/h4-8,11H,2-3,9,15H2,1H3. The van der Waals surface area contributed by atoms with Crippen molar-refractivity contribution in [1.82, 2.24) is 9.97 Å². The maximum absolute atomic E-state index is 6.44. The third kappa shape index (κ3) is 1.71. The van der Waals surface area contributed by atoms with Gasteiger partial charge in [-0.3, -0.25) is 9.97 Å². The highest BCUT2D eigenvalue weighted by Crippen LogP contribution is 2.52. The normalized spacial score (nSPS) is 27.3. The van der Waals surface area contributed by atoms with Crippen LogP contribution in [0.4, 0.5) is 0 Å². The van der Waals surface area contributed by atoms with Crippen molar-refractivity contribution in [3.8, 4) is 0 Å². The van der Waals surface area contributed by atoms with E-state index in [9.17, 15) is 0 Å². The van der Waals surface area contributed by atoms with Gasteiger partial charge in [0.1, 0.15) is 0 Å². The van der Waals surface area contributed by atoms with Crippen LogP contribution in [-0.2, 0) is 5.54 Å². The second kappa shape index (κ2) is 3.77. The predicted molar refractivity (Wildman–Crippen MR) is 68.4 cm³/mol. The highest BCUT2D eigenvalue weighted by molar-refractivity contribution is 5.75. The van der Waals surface area contributed by atoms with Gasteiger partial charge in [0, 0.05) is 17.9 Å². The van der Waals surface area contributed by atoms with E-state index >= 15 is 0 Å². The first-order chi connectivity index (χ1) is 8.24. The Morgan fingerprint density at radius 1 is 1.29 bits per heavy atom. The molecular formula is C14H17N3. The lowest BCUT2D eigenvalue weighted by molar-refractivity contribution is 0.584. The van der Waals surface area contributed by atoms with Crippen LogP contribution in [0, 0.1) is 5.92 Å². The van der Waals surface area contributed by atoms with Gasteiger partial charge in [-0.05, 0) is 36.5 Å². The van der Waals surface area contributed by atoms with Crippen molar-refractivity contribution in [3.05, 3.63) is 36.2 Å². The van der Waals surface area contributed by atoms with Crippen molar-refractivity contribution >= 4 is 11.0 Å². The quantitative estimate of drug-likeness (QED) is 0.876. The lowest BCUT2D eigenvalue weighted by Crippen LogP contribution is -2.22. The second-order valence-electron chi connectivity index (χ2n) is 4.99. The molecule has 0 radical (unpaired) electrons. The molecule has 1 aliphatic carbocycles. The van der Waals surface area contributed by atoms with Gasteiger partial charge in [-0.2, -0.15) is 0 Å². The Hall–Kier alpha value is -1.48. The van der Waals surface area contributed by atoms with Crippen molar-refractivity contribution < 1.29 is 0 Å². The van der Waals surface area contributed by atoms with Crippen molar-refractivity contribution in [3.63, 3.8) is 0 Å². The molecule has 3 nitrogen and oxygen atoms in total. The van der Waals surface area contributed by atoms with Gasteiger partial charge < -0.3 is 5.73 Å². The summed E-state index contributed by atoms with van der Waals surface area (Å²) in [6, 6.07) is 6.22. The summed E-state index contributed by atoms with van der Waals surface area (Å²) < 4.78 is 0. The van der Waals surface area contributed by atoms with Crippen LogP contribution in [0.3, 0.4) is 0 Å². The summed E-state index contributed by atoms with van der Waals surface area (Å²) in [7, 11) is 0. The zero-order chi connectivity index (χ0) is 11.9. The van der Waals surface area contributed by atoms with Gasteiger partial charge in [-0.1, -0.05) is 19.4 Å². The number of nitrogens with two attached hydrogens (primary N) is 1. The van der Waals surface area contributed by atoms with Gasteiger partial charge in [0.2, 0.25) is 0 Å². The first-order valence-electron chi connectivity index (χ1n) is 6.24. The molecule has 0 saturated heterocycles. The molecule has 1 aromatic heterocycles. The second-order valence-corrected chi connectivity index (χ2v) is 4.99. The molecule has 2 N–H and O–H groups in total. The fraction of sp³-hybridized carbons (Fsp3) is 0.429. The van der Waals surface area contributed by atoms with E-state index in [1.54, 1.807) is 12.4 Å². The minimum atomic E-state index is -0.109. The number of hydrogen-bond donors (Lipinski definition) is 1. The largest absolute Gasteiger partial charge is 0.321 e. The smallest absolute Gasteiger partial charge is 0.0890 e. The summed E-state index contributed by atoms with van der Waals surface area (Å²) in [4.78, 5) is 8.61. The van der Waals surface area contributed by atoms with E-state index in [4.69, 9.17) is 5.73 Å². The highest BCUT2D eigenvalue weighted by Gasteiger charge is 2.51. The Morgan fingerprint density at radius 3 is 2.82 bits per heavy atom. The number of nitrogens with zero attached hydrogens (tertiary/aromatic N) is 2. The van der Waals surface area contributed by atoms with Crippen LogP contribution in [0.15, 0.2) is 30.6 Å². The summed E-state index contributed by atoms with van der Waals surface area (Å²) in [5.74, 6) is 0.640. The fourth-order valence-electron chi connectivity index (χ4n) is 2.66. The van der Waals surface area contributed by atoms with Crippen LogP contribution < -0.4 is 5.73 Å². The molecule has 1 aliphatic rings. The molecule has 1 saturated carbocycles. The Kier molecular flexibility index (Phi) is 2.37. The summed E-state index contributed by atoms with van der Waals surface area (Å²) >= 11 is 0. The molecule has 1 fully saturated rings. The molecule has 3 rings (SSSR count). The summed E-state index contributed by atoms with van der Waals surface area (Å²) in [5, 5.41) is 0. The van der Waals surface area contributed by atoms with E-state index in [2.05, 4.69) is 29.0 Å². The molecule has 0 bridgehead atoms. The third-order valence-corrected chi connectivity index (χ3v) is 3.80. The lowest BCUT2D eigenvalue weighted by atomic mass is 10.0. The van der Waals surface area contributed by atoms with E-state index in [-0.39, 0.29) is 5.54 Å². The van der Waals surface area contributed by atoms with E-state index in [1.165, 1.54) is 18.4 Å². The average molecular weight is 227 g/mol. The molecule has 17 heavy (non-hydrogen) atoms. The fourth-order valence-corrected chi connectivity index (χ4v) is 2.66. The summed E-state index contributed by atoms with van der Waals surface area (Å²) in [6.45, 7) is 2.21. The van der Waals surface area contributed by atoms with E-state index in [0.29, 0.717) is 5.92 Å². The predicted octanol–water partition coefficient (Wildman–Crippen LogP) is 2.60. The Balaban J connectivity index is 1.97. The number of fused-ring (bicyclic) bond motifs is 1. The summed E-state index contributed by atoms with van der Waals surface area (Å²) in [6.07, 6.45) is 6.97. The molecule has 3 heteroatoms. The minimum Gasteiger partial charge on any atom is -0.321 e. The molecule has 2 unspecified atom stereocenters.